The highest BCUT2D eigenvalue weighted by Crippen LogP contribution is 2.34. The second-order valence-corrected chi connectivity index (χ2v) is 5.48. The molecule has 4 rings (SSSR count). The van der Waals surface area contributed by atoms with E-state index in [1.807, 2.05) is 55.5 Å². The summed E-state index contributed by atoms with van der Waals surface area (Å²) in [7, 11) is 0. The van der Waals surface area contributed by atoms with Gasteiger partial charge in [0.1, 0.15) is 37.0 Å². The van der Waals surface area contributed by atoms with Crippen LogP contribution in [-0.2, 0) is 6.61 Å². The number of hydrogen-bond donors (Lipinski definition) is 0. The average molecular weight is 323 g/mol. The third-order valence-corrected chi connectivity index (χ3v) is 3.80. The molecule has 0 saturated carbocycles. The van der Waals surface area contributed by atoms with Crippen molar-refractivity contribution in [3.05, 3.63) is 60.0 Å². The van der Waals surface area contributed by atoms with Crippen LogP contribution in [0.3, 0.4) is 0 Å². The highest BCUT2D eigenvalue weighted by Gasteiger charge is 2.14. The Morgan fingerprint density at radius 1 is 1.00 bits per heavy atom. The molecule has 1 aromatic heterocycles. The summed E-state index contributed by atoms with van der Waals surface area (Å²) in [5.41, 5.74) is 1.73. The number of benzene rings is 2. The van der Waals surface area contributed by atoms with Crippen LogP contribution in [0.2, 0.25) is 0 Å². The number of fused-ring (bicyclic) bond motifs is 1. The first-order valence-electron chi connectivity index (χ1n) is 7.84. The predicted octanol–water partition coefficient (Wildman–Crippen LogP) is 4.00. The second kappa shape index (κ2) is 6.28. The maximum Gasteiger partial charge on any atom is 0.226 e. The van der Waals surface area contributed by atoms with Gasteiger partial charge in [-0.3, -0.25) is 0 Å². The van der Waals surface area contributed by atoms with Gasteiger partial charge < -0.3 is 18.6 Å². The zero-order valence-electron chi connectivity index (χ0n) is 13.3. The van der Waals surface area contributed by atoms with Gasteiger partial charge in [0.15, 0.2) is 11.5 Å². The lowest BCUT2D eigenvalue weighted by Crippen LogP contribution is -2.15. The lowest BCUT2D eigenvalue weighted by Gasteiger charge is -2.18. The van der Waals surface area contributed by atoms with E-state index in [1.54, 1.807) is 0 Å². The maximum atomic E-state index is 5.83. The van der Waals surface area contributed by atoms with E-state index in [-0.39, 0.29) is 0 Å². The van der Waals surface area contributed by atoms with Crippen molar-refractivity contribution in [2.75, 3.05) is 13.2 Å². The molecule has 0 amide bonds. The highest BCUT2D eigenvalue weighted by atomic mass is 16.6. The number of hydrogen-bond acceptors (Lipinski definition) is 5. The molecule has 1 aliphatic heterocycles. The van der Waals surface area contributed by atoms with Crippen molar-refractivity contribution in [1.29, 1.82) is 0 Å². The van der Waals surface area contributed by atoms with Crippen molar-refractivity contribution in [3.63, 3.8) is 0 Å². The van der Waals surface area contributed by atoms with E-state index in [1.165, 1.54) is 0 Å². The number of ether oxygens (including phenoxy) is 3. The maximum absolute atomic E-state index is 5.83. The van der Waals surface area contributed by atoms with Gasteiger partial charge in [0.25, 0.3) is 0 Å². The molecule has 0 fully saturated rings. The number of aryl methyl sites for hydroxylation is 1. The fourth-order valence-electron chi connectivity index (χ4n) is 2.53. The molecule has 3 aromatic rings. The van der Waals surface area contributed by atoms with Gasteiger partial charge in [-0.15, -0.1) is 0 Å². The van der Waals surface area contributed by atoms with Crippen molar-refractivity contribution in [2.45, 2.75) is 13.5 Å². The minimum Gasteiger partial charge on any atom is -0.487 e. The van der Waals surface area contributed by atoms with E-state index in [0.717, 1.165) is 22.8 Å². The summed E-state index contributed by atoms with van der Waals surface area (Å²) in [6.07, 6.45) is 0. The van der Waals surface area contributed by atoms with Gasteiger partial charge in [-0.2, -0.15) is 0 Å². The van der Waals surface area contributed by atoms with E-state index >= 15 is 0 Å². The number of aromatic nitrogens is 1. The summed E-state index contributed by atoms with van der Waals surface area (Å²) in [4.78, 5) is 4.53. The molecule has 24 heavy (non-hydrogen) atoms. The van der Waals surface area contributed by atoms with Crippen molar-refractivity contribution in [2.24, 2.45) is 0 Å². The first-order chi connectivity index (χ1) is 11.8. The summed E-state index contributed by atoms with van der Waals surface area (Å²) in [6.45, 7) is 3.36. The summed E-state index contributed by atoms with van der Waals surface area (Å²) >= 11 is 0. The van der Waals surface area contributed by atoms with Crippen molar-refractivity contribution < 1.29 is 18.6 Å². The predicted molar refractivity (Wildman–Crippen MR) is 88.4 cm³/mol. The molecule has 2 heterocycles. The largest absolute Gasteiger partial charge is 0.487 e. The van der Waals surface area contributed by atoms with Crippen LogP contribution in [0.25, 0.3) is 11.5 Å². The smallest absolute Gasteiger partial charge is 0.226 e. The van der Waals surface area contributed by atoms with Gasteiger partial charge in [-0.25, -0.2) is 4.98 Å². The van der Waals surface area contributed by atoms with Crippen LogP contribution in [-0.4, -0.2) is 18.2 Å². The van der Waals surface area contributed by atoms with E-state index in [9.17, 15) is 0 Å². The summed E-state index contributed by atoms with van der Waals surface area (Å²) < 4.78 is 22.6. The molecule has 2 aromatic carbocycles. The summed E-state index contributed by atoms with van der Waals surface area (Å²) in [6, 6.07) is 15.4. The Labute approximate surface area is 139 Å². The molecule has 0 N–H and O–H groups in total. The molecular weight excluding hydrogens is 306 g/mol. The molecule has 0 aliphatic carbocycles. The Balaban J connectivity index is 1.49. The van der Waals surface area contributed by atoms with E-state index in [4.69, 9.17) is 18.6 Å². The monoisotopic (exact) mass is 323 g/mol. The minimum atomic E-state index is 0.335. The number of nitrogens with zero attached hydrogens (tertiary/aromatic N) is 1. The van der Waals surface area contributed by atoms with E-state index < -0.39 is 0 Å². The molecule has 0 atom stereocenters. The third kappa shape index (κ3) is 2.93. The molecule has 0 saturated heterocycles. The van der Waals surface area contributed by atoms with Crippen molar-refractivity contribution in [3.8, 4) is 28.7 Å². The Morgan fingerprint density at radius 2 is 1.79 bits per heavy atom. The molecule has 5 nitrogen and oxygen atoms in total. The zero-order chi connectivity index (χ0) is 16.4. The standard InChI is InChI=1S/C19H17NO4/c1-13-16(20-19(24-13)14-5-3-2-4-6-14)12-23-15-7-8-17-18(11-15)22-10-9-21-17/h2-8,11H,9-10,12H2,1H3. The van der Waals surface area contributed by atoms with Crippen molar-refractivity contribution in [1.82, 2.24) is 4.98 Å². The SMILES string of the molecule is Cc1oc(-c2ccccc2)nc1COc1ccc2c(c1)OCCO2. The van der Waals surface area contributed by atoms with Crippen LogP contribution in [0.15, 0.2) is 52.9 Å². The van der Waals surface area contributed by atoms with Crippen LogP contribution < -0.4 is 14.2 Å². The van der Waals surface area contributed by atoms with Gasteiger partial charge >= 0.3 is 0 Å². The average Bonchev–Trinajstić information content (AvgIpc) is 3.01. The molecule has 5 heteroatoms. The molecule has 0 spiro atoms. The number of oxazole rings is 1. The second-order valence-electron chi connectivity index (χ2n) is 5.48. The summed E-state index contributed by atoms with van der Waals surface area (Å²) in [5, 5.41) is 0. The normalized spacial score (nSPS) is 12.9. The van der Waals surface area contributed by atoms with Gasteiger partial charge in [-0.1, -0.05) is 18.2 Å². The fraction of sp³-hybridized carbons (Fsp3) is 0.211. The van der Waals surface area contributed by atoms with Crippen LogP contribution in [0.1, 0.15) is 11.5 Å². The Hall–Kier alpha value is -2.95. The van der Waals surface area contributed by atoms with Crippen molar-refractivity contribution >= 4 is 0 Å². The Kier molecular flexibility index (Phi) is 3.83. The lowest BCUT2D eigenvalue weighted by molar-refractivity contribution is 0.170. The molecule has 122 valence electrons. The topological polar surface area (TPSA) is 53.7 Å². The first kappa shape index (κ1) is 14.6. The van der Waals surface area contributed by atoms with Gasteiger partial charge in [0, 0.05) is 11.6 Å². The minimum absolute atomic E-state index is 0.335. The van der Waals surface area contributed by atoms with Gasteiger partial charge in [0.2, 0.25) is 5.89 Å². The lowest BCUT2D eigenvalue weighted by atomic mass is 10.2. The molecule has 0 radical (unpaired) electrons. The fourth-order valence-corrected chi connectivity index (χ4v) is 2.53. The van der Waals surface area contributed by atoms with Crippen LogP contribution in [0, 0.1) is 6.92 Å². The molecule has 0 bridgehead atoms. The Morgan fingerprint density at radius 3 is 2.62 bits per heavy atom. The van der Waals surface area contributed by atoms with Gasteiger partial charge in [0.05, 0.1) is 0 Å². The van der Waals surface area contributed by atoms with Gasteiger partial charge in [-0.05, 0) is 31.2 Å². The van der Waals surface area contributed by atoms with Crippen LogP contribution >= 0.6 is 0 Å². The highest BCUT2D eigenvalue weighted by molar-refractivity contribution is 5.53. The third-order valence-electron chi connectivity index (χ3n) is 3.80. The summed E-state index contributed by atoms with van der Waals surface area (Å²) in [5.74, 6) is 3.53. The van der Waals surface area contributed by atoms with E-state index in [0.29, 0.717) is 37.2 Å². The zero-order valence-corrected chi connectivity index (χ0v) is 13.3. The Bertz CT molecular complexity index is 842. The first-order valence-corrected chi connectivity index (χ1v) is 7.84. The number of rotatable bonds is 4. The quantitative estimate of drug-likeness (QED) is 0.726. The molecule has 0 unspecified atom stereocenters. The van der Waals surface area contributed by atoms with E-state index in [2.05, 4.69) is 4.98 Å². The molecule has 1 aliphatic rings. The van der Waals surface area contributed by atoms with Crippen LogP contribution in [0.5, 0.6) is 17.2 Å². The van der Waals surface area contributed by atoms with Crippen LogP contribution in [0.4, 0.5) is 0 Å². The molecular formula is C19H17NO4.